The molecule has 2 heterocycles. The Labute approximate surface area is 149 Å². The van der Waals surface area contributed by atoms with Gasteiger partial charge in [-0.25, -0.2) is 9.78 Å². The molecular formula is C15H23IN4O3. The van der Waals surface area contributed by atoms with E-state index in [9.17, 15) is 9.59 Å². The van der Waals surface area contributed by atoms with Crippen molar-refractivity contribution in [2.24, 2.45) is 11.8 Å². The van der Waals surface area contributed by atoms with Gasteiger partial charge in [0.15, 0.2) is 0 Å². The predicted octanol–water partition coefficient (Wildman–Crippen LogP) is 2.30. The fourth-order valence-electron chi connectivity index (χ4n) is 2.91. The molecule has 7 nitrogen and oxygen atoms in total. The Balaban J connectivity index is 2.21. The molecule has 0 aromatic carbocycles. The molecule has 0 bridgehead atoms. The minimum absolute atomic E-state index is 0.0325. The van der Waals surface area contributed by atoms with E-state index in [4.69, 9.17) is 0 Å². The van der Waals surface area contributed by atoms with Crippen LogP contribution in [0.5, 0.6) is 0 Å². The highest BCUT2D eigenvalue weighted by atomic mass is 127. The van der Waals surface area contributed by atoms with Crippen LogP contribution in [0.3, 0.4) is 0 Å². The Hall–Kier alpha value is -1.32. The van der Waals surface area contributed by atoms with Crippen molar-refractivity contribution in [2.75, 3.05) is 13.7 Å². The number of H-pyrrole nitrogens is 1. The summed E-state index contributed by atoms with van der Waals surface area (Å²) in [6.45, 7) is 6.59. The number of rotatable bonds is 4. The molecule has 2 amide bonds. The molecule has 23 heavy (non-hydrogen) atoms. The summed E-state index contributed by atoms with van der Waals surface area (Å²) in [7, 11) is 1.29. The number of nitrogens with zero attached hydrogens (tertiary/aromatic N) is 2. The van der Waals surface area contributed by atoms with Gasteiger partial charge in [-0.15, -0.1) is 0 Å². The summed E-state index contributed by atoms with van der Waals surface area (Å²) < 4.78 is 5.58. The molecule has 1 aliphatic heterocycles. The van der Waals surface area contributed by atoms with Gasteiger partial charge in [-0.1, -0.05) is 20.8 Å². The van der Waals surface area contributed by atoms with E-state index in [0.717, 1.165) is 15.9 Å². The van der Waals surface area contributed by atoms with Crippen LogP contribution in [0.25, 0.3) is 0 Å². The van der Waals surface area contributed by atoms with Gasteiger partial charge in [0.1, 0.15) is 11.9 Å². The number of likely N-dealkylation sites (tertiary alicyclic amines) is 1. The van der Waals surface area contributed by atoms with E-state index in [2.05, 4.69) is 49.5 Å². The molecule has 2 rings (SSSR count). The smallest absolute Gasteiger partial charge is 0.407 e. The van der Waals surface area contributed by atoms with E-state index in [-0.39, 0.29) is 17.9 Å². The van der Waals surface area contributed by atoms with E-state index >= 15 is 0 Å². The van der Waals surface area contributed by atoms with Crippen molar-refractivity contribution in [3.05, 3.63) is 15.7 Å². The number of hydrogen-bond donors (Lipinski definition) is 2. The summed E-state index contributed by atoms with van der Waals surface area (Å²) in [6, 6.07) is -0.689. The third-order valence-electron chi connectivity index (χ3n) is 4.06. The number of amides is 2. The highest BCUT2D eigenvalue weighted by Crippen LogP contribution is 2.34. The van der Waals surface area contributed by atoms with Gasteiger partial charge in [-0.05, 0) is 40.8 Å². The lowest BCUT2D eigenvalue weighted by molar-refractivity contribution is -0.135. The Morgan fingerprint density at radius 3 is 2.74 bits per heavy atom. The molecule has 1 unspecified atom stereocenters. The maximum Gasteiger partial charge on any atom is 0.407 e. The Morgan fingerprint density at radius 1 is 1.52 bits per heavy atom. The molecule has 0 radical (unpaired) electrons. The molecule has 8 heteroatoms. The summed E-state index contributed by atoms with van der Waals surface area (Å²) in [5, 5.41) is 2.65. The van der Waals surface area contributed by atoms with E-state index < -0.39 is 12.1 Å². The average Bonchev–Trinajstić information content (AvgIpc) is 3.09. The second kappa shape index (κ2) is 7.50. The number of carbonyl (C=O) groups excluding carboxylic acids is 2. The van der Waals surface area contributed by atoms with Crippen LogP contribution in [0.2, 0.25) is 0 Å². The van der Waals surface area contributed by atoms with Crippen molar-refractivity contribution < 1.29 is 14.3 Å². The summed E-state index contributed by atoms with van der Waals surface area (Å²) in [6.07, 6.45) is 2.03. The summed E-state index contributed by atoms with van der Waals surface area (Å²) in [5.74, 6) is 1.06. The number of methoxy groups -OCH3 is 1. The number of aromatic amines is 1. The number of aromatic nitrogens is 2. The first-order chi connectivity index (χ1) is 10.8. The maximum absolute atomic E-state index is 13.0. The van der Waals surface area contributed by atoms with Crippen molar-refractivity contribution in [1.29, 1.82) is 0 Å². The number of imidazole rings is 1. The van der Waals surface area contributed by atoms with Crippen LogP contribution in [0.1, 0.15) is 39.1 Å². The molecule has 1 fully saturated rings. The second-order valence-corrected chi connectivity index (χ2v) is 7.48. The summed E-state index contributed by atoms with van der Waals surface area (Å²) in [4.78, 5) is 33.9. The molecule has 1 aromatic rings. The number of hydrogen-bond acceptors (Lipinski definition) is 4. The Morgan fingerprint density at radius 2 is 2.22 bits per heavy atom. The number of alkyl carbamates (subject to hydrolysis) is 1. The molecule has 0 saturated carbocycles. The second-order valence-electron chi connectivity index (χ2n) is 6.32. The lowest BCUT2D eigenvalue weighted by Gasteiger charge is -2.30. The SMILES string of the molecule is COC(=O)NC(C(=O)N1C[C@@H](C)C[C@H]1c1ncc(I)[nH]1)C(C)C. The first-order valence-electron chi connectivity index (χ1n) is 7.68. The molecule has 1 aromatic heterocycles. The fraction of sp³-hybridized carbons (Fsp3) is 0.667. The van der Waals surface area contributed by atoms with Gasteiger partial charge in [-0.3, -0.25) is 4.79 Å². The predicted molar refractivity (Wildman–Crippen MR) is 93.7 cm³/mol. The van der Waals surface area contributed by atoms with Crippen molar-refractivity contribution in [3.8, 4) is 0 Å². The van der Waals surface area contributed by atoms with Gasteiger partial charge in [0, 0.05) is 6.54 Å². The van der Waals surface area contributed by atoms with Crippen LogP contribution < -0.4 is 5.32 Å². The lowest BCUT2D eigenvalue weighted by atomic mass is 10.0. The first kappa shape index (κ1) is 18.0. The van der Waals surface area contributed by atoms with Gasteiger partial charge in [0.25, 0.3) is 0 Å². The number of ether oxygens (including phenoxy) is 1. The van der Waals surface area contributed by atoms with Crippen LogP contribution in [0.4, 0.5) is 4.79 Å². The maximum atomic E-state index is 13.0. The van der Waals surface area contributed by atoms with Gasteiger partial charge >= 0.3 is 6.09 Å². The van der Waals surface area contributed by atoms with Crippen LogP contribution in [-0.4, -0.2) is 46.6 Å². The quantitative estimate of drug-likeness (QED) is 0.713. The highest BCUT2D eigenvalue weighted by molar-refractivity contribution is 14.1. The summed E-state index contributed by atoms with van der Waals surface area (Å²) >= 11 is 2.17. The Kier molecular flexibility index (Phi) is 5.88. The zero-order valence-electron chi connectivity index (χ0n) is 13.8. The van der Waals surface area contributed by atoms with Crippen LogP contribution in [0.15, 0.2) is 6.20 Å². The molecule has 1 saturated heterocycles. The summed E-state index contributed by atoms with van der Waals surface area (Å²) in [5.41, 5.74) is 0. The van der Waals surface area contributed by atoms with Gasteiger partial charge in [0.05, 0.1) is 23.0 Å². The molecular weight excluding hydrogens is 411 g/mol. The molecule has 2 N–H and O–H groups in total. The standard InChI is InChI=1S/C15H23IN4O3/c1-8(2)12(19-15(22)23-4)14(21)20-7-9(3)5-10(20)13-17-6-11(16)18-13/h6,8-10,12H,5,7H2,1-4H3,(H,17,18)(H,19,22)/t9-,10-,12?/m0/s1. The van der Waals surface area contributed by atoms with Crippen molar-refractivity contribution in [3.63, 3.8) is 0 Å². The van der Waals surface area contributed by atoms with E-state index in [1.165, 1.54) is 7.11 Å². The molecule has 128 valence electrons. The van der Waals surface area contributed by atoms with E-state index in [1.807, 2.05) is 18.7 Å². The minimum atomic E-state index is -0.607. The monoisotopic (exact) mass is 434 g/mol. The topological polar surface area (TPSA) is 87.3 Å². The minimum Gasteiger partial charge on any atom is -0.453 e. The van der Waals surface area contributed by atoms with Gasteiger partial charge < -0.3 is 19.9 Å². The van der Waals surface area contributed by atoms with Crippen LogP contribution in [-0.2, 0) is 9.53 Å². The van der Waals surface area contributed by atoms with Gasteiger partial charge in [-0.2, -0.15) is 0 Å². The Bertz CT molecular complexity index is 575. The third-order valence-corrected chi connectivity index (χ3v) is 4.61. The average molecular weight is 434 g/mol. The zero-order chi connectivity index (χ0) is 17.1. The fourth-order valence-corrected chi connectivity index (χ4v) is 3.32. The molecule has 3 atom stereocenters. The number of nitrogens with one attached hydrogen (secondary N) is 2. The number of halogens is 1. The molecule has 0 aliphatic carbocycles. The van der Waals surface area contributed by atoms with Gasteiger partial charge in [0.2, 0.25) is 5.91 Å². The van der Waals surface area contributed by atoms with Crippen LogP contribution in [0, 0.1) is 15.5 Å². The molecule has 1 aliphatic rings. The lowest BCUT2D eigenvalue weighted by Crippen LogP contribution is -2.51. The normalized spacial score (nSPS) is 22.3. The first-order valence-corrected chi connectivity index (χ1v) is 8.76. The van der Waals surface area contributed by atoms with Crippen molar-refractivity contribution >= 4 is 34.6 Å². The van der Waals surface area contributed by atoms with E-state index in [1.54, 1.807) is 6.20 Å². The molecule has 0 spiro atoms. The van der Waals surface area contributed by atoms with Crippen molar-refractivity contribution in [1.82, 2.24) is 20.2 Å². The third kappa shape index (κ3) is 4.15. The number of carbonyl (C=O) groups is 2. The largest absolute Gasteiger partial charge is 0.453 e. The zero-order valence-corrected chi connectivity index (χ0v) is 16.0. The van der Waals surface area contributed by atoms with Crippen molar-refractivity contribution in [2.45, 2.75) is 39.3 Å². The highest BCUT2D eigenvalue weighted by Gasteiger charge is 2.39. The van der Waals surface area contributed by atoms with E-state index in [0.29, 0.717) is 12.5 Å². The van der Waals surface area contributed by atoms with Crippen LogP contribution >= 0.6 is 22.6 Å².